The molecule has 0 aromatic heterocycles. The van der Waals surface area contributed by atoms with Crippen molar-refractivity contribution < 1.29 is 212 Å². The van der Waals surface area contributed by atoms with Crippen LogP contribution in [-0.4, -0.2) is 99.6 Å². The van der Waals surface area contributed by atoms with Crippen LogP contribution in [-0.2, 0) is 137 Å². The Morgan fingerprint density at radius 1 is 0.231 bits per heavy atom. The molecule has 0 heterocycles. The van der Waals surface area contributed by atoms with Crippen molar-refractivity contribution in [1.29, 1.82) is 0 Å². The number of aliphatic hydroxyl groups excluding tert-OH is 4. The third-order valence-corrected chi connectivity index (χ3v) is 1.40. The maximum atomic E-state index is 8.50. The molecule has 14 nitrogen and oxygen atoms in total. The van der Waals surface area contributed by atoms with E-state index in [0.717, 1.165) is 0 Å². The van der Waals surface area contributed by atoms with Crippen LogP contribution in [0.4, 0.5) is 0 Å². The molecule has 0 spiro atoms. The number of hydrogen-bond acceptors (Lipinski definition) is 4. The van der Waals surface area contributed by atoms with Crippen LogP contribution in [0.3, 0.4) is 0 Å². The Morgan fingerprint density at radius 2 is 0.269 bits per heavy atom. The summed E-state index contributed by atoms with van der Waals surface area (Å²) < 4.78 is 0. The molecule has 1 rings (SSSR count). The topological polar surface area (TPSA) is 396 Å². The van der Waals surface area contributed by atoms with Gasteiger partial charge in [0.25, 0.3) is 0 Å². The minimum Gasteiger partial charge on any atom is -0.412 e. The maximum absolute atomic E-state index is 8.50. The Kier molecular flexibility index (Phi) is 620. The van der Waals surface area contributed by atoms with E-state index in [1.54, 1.807) is 0 Å². The summed E-state index contributed by atoms with van der Waals surface area (Å²) in [5.74, 6) is 0. The van der Waals surface area contributed by atoms with E-state index in [1.807, 2.05) is 0 Å². The van der Waals surface area contributed by atoms with Crippen LogP contribution in [0.1, 0.15) is 0 Å². The maximum Gasteiger partial charge on any atom is 0.111 e. The number of hydrogen-bond donors (Lipinski definition) is 4. The van der Waals surface area contributed by atoms with Crippen molar-refractivity contribution in [2.24, 2.45) is 0 Å². The van der Waals surface area contributed by atoms with Gasteiger partial charge in [0, 0.05) is 137 Å². The molecule has 22 heteroatoms. The van der Waals surface area contributed by atoms with E-state index < -0.39 is 24.4 Å². The molecule has 0 amide bonds. The van der Waals surface area contributed by atoms with Crippen molar-refractivity contribution in [2.45, 2.75) is 24.4 Å². The van der Waals surface area contributed by atoms with Gasteiger partial charge in [-0.15, -0.1) is 0 Å². The van der Waals surface area contributed by atoms with E-state index in [9.17, 15) is 0 Å². The fourth-order valence-electron chi connectivity index (χ4n) is 0.663. The third-order valence-electron chi connectivity index (χ3n) is 1.40. The van der Waals surface area contributed by atoms with E-state index in [0.29, 0.717) is 0 Å². The molecule has 24 N–H and O–H groups in total. The van der Waals surface area contributed by atoms with Gasteiger partial charge in [0.05, 0.1) is 0 Å². The van der Waals surface area contributed by atoms with Crippen LogP contribution < -0.4 is 0 Å². The molecule has 0 unspecified atom stereocenters. The molecule has 8 radical (unpaired) electrons. The molecule has 0 aromatic carbocycles. The molecule has 0 aliphatic heterocycles. The summed E-state index contributed by atoms with van der Waals surface area (Å²) in [5.41, 5.74) is 0. The number of rotatable bonds is 0. The van der Waals surface area contributed by atoms with Crippen LogP contribution in [0.15, 0.2) is 0 Å². The first-order valence-corrected chi connectivity index (χ1v) is 2.37. The quantitative estimate of drug-likeness (QED) is 0.176. The second-order valence-corrected chi connectivity index (χ2v) is 1.96. The SMILES string of the molecule is O.O.O.O.O.O.O.O.O.O.OC1C(O)C(O)C1O.[Mn].[Mn].[Mn].[Mn].[Mn].[Mn].[Mn].[Mn]. The molecule has 1 aliphatic carbocycles. The Hall–Kier alpha value is 3.60. The normalized spacial score (nSPS) is 17.1. The fourth-order valence-corrected chi connectivity index (χ4v) is 0.663. The van der Waals surface area contributed by atoms with Gasteiger partial charge in [-0.25, -0.2) is 0 Å². The van der Waals surface area contributed by atoms with Gasteiger partial charge in [0.15, 0.2) is 0 Å². The molecule has 0 bridgehead atoms. The van der Waals surface area contributed by atoms with Gasteiger partial charge in [-0.3, -0.25) is 0 Å². The number of aliphatic hydroxyl groups is 4. The molecule has 1 fully saturated rings. The zero-order chi connectivity index (χ0) is 6.31. The van der Waals surface area contributed by atoms with Crippen LogP contribution >= 0.6 is 0 Å². The molecule has 0 saturated heterocycles. The summed E-state index contributed by atoms with van der Waals surface area (Å²) in [6.07, 6.45) is -4.65. The minimum atomic E-state index is -1.16. The Bertz CT molecular complexity index is 90.9. The van der Waals surface area contributed by atoms with Gasteiger partial charge in [0.1, 0.15) is 24.4 Å². The zero-order valence-corrected chi connectivity index (χ0v) is 21.6. The molecular weight excluding hydrogens is 712 g/mol. The Labute approximate surface area is 234 Å². The van der Waals surface area contributed by atoms with Gasteiger partial charge >= 0.3 is 0 Å². The van der Waals surface area contributed by atoms with Crippen molar-refractivity contribution in [3.8, 4) is 0 Å². The molecule has 0 aromatic rings. The Morgan fingerprint density at radius 3 is 0.308 bits per heavy atom. The average molecular weight is 740 g/mol. The standard InChI is InChI=1S/C4H8O4.8Mn.10H2O/c5-1-2(6)4(8)3(1)7;;;;;;;;;;;;;;;;;;/h1-8H;;;;;;;;;10*1H2. The Balaban J connectivity index is -0.00000000222. The fraction of sp³-hybridized carbons (Fsp3) is 1.00. The first kappa shape index (κ1) is 180. The molecule has 1 saturated carbocycles. The first-order chi connectivity index (χ1) is 3.64. The van der Waals surface area contributed by atoms with E-state index in [4.69, 9.17) is 20.4 Å². The van der Waals surface area contributed by atoms with E-state index >= 15 is 0 Å². The van der Waals surface area contributed by atoms with Crippen molar-refractivity contribution >= 4 is 0 Å². The molecule has 26 heavy (non-hydrogen) atoms. The molecule has 0 atom stereocenters. The van der Waals surface area contributed by atoms with Crippen molar-refractivity contribution in [3.63, 3.8) is 0 Å². The van der Waals surface area contributed by atoms with Crippen molar-refractivity contribution in [3.05, 3.63) is 0 Å². The first-order valence-electron chi connectivity index (χ1n) is 2.37. The van der Waals surface area contributed by atoms with Crippen LogP contribution in [0.5, 0.6) is 0 Å². The predicted molar refractivity (Wildman–Crippen MR) is 60.2 cm³/mol. The second kappa shape index (κ2) is 89.5. The summed E-state index contributed by atoms with van der Waals surface area (Å²) in [4.78, 5) is 0. The largest absolute Gasteiger partial charge is 0.412 e. The van der Waals surface area contributed by atoms with Gasteiger partial charge in [-0.05, 0) is 0 Å². The average Bonchev–Trinajstić information content (AvgIpc) is 1.83. The van der Waals surface area contributed by atoms with Crippen molar-refractivity contribution in [1.82, 2.24) is 0 Å². The summed E-state index contributed by atoms with van der Waals surface area (Å²) in [6, 6.07) is 0. The smallest absolute Gasteiger partial charge is 0.111 e. The van der Waals surface area contributed by atoms with E-state index in [2.05, 4.69) is 0 Å². The molecule has 1 aliphatic rings. The zero-order valence-electron chi connectivity index (χ0n) is 12.1. The third kappa shape index (κ3) is 50.8. The van der Waals surface area contributed by atoms with Gasteiger partial charge < -0.3 is 75.2 Å². The van der Waals surface area contributed by atoms with Gasteiger partial charge in [0.2, 0.25) is 0 Å². The minimum absolute atomic E-state index is 0. The molecule has 184 valence electrons. The van der Waals surface area contributed by atoms with Crippen LogP contribution in [0.25, 0.3) is 0 Å². The van der Waals surface area contributed by atoms with Crippen molar-refractivity contribution in [2.75, 3.05) is 0 Å². The van der Waals surface area contributed by atoms with E-state index in [1.165, 1.54) is 0 Å². The summed E-state index contributed by atoms with van der Waals surface area (Å²) >= 11 is 0. The summed E-state index contributed by atoms with van der Waals surface area (Å²) in [6.45, 7) is 0. The monoisotopic (exact) mass is 740 g/mol. The van der Waals surface area contributed by atoms with E-state index in [-0.39, 0.29) is 191 Å². The van der Waals surface area contributed by atoms with Crippen LogP contribution in [0.2, 0.25) is 0 Å². The summed E-state index contributed by atoms with van der Waals surface area (Å²) in [5, 5.41) is 34.0. The summed E-state index contributed by atoms with van der Waals surface area (Å²) in [7, 11) is 0. The van der Waals surface area contributed by atoms with Gasteiger partial charge in [-0.2, -0.15) is 0 Å². The second-order valence-electron chi connectivity index (χ2n) is 1.96. The van der Waals surface area contributed by atoms with Gasteiger partial charge in [-0.1, -0.05) is 0 Å². The van der Waals surface area contributed by atoms with Crippen LogP contribution in [0, 0.1) is 0 Å². The molecular formula is C4H28Mn8O14. The predicted octanol–water partition coefficient (Wildman–Crippen LogP) is -10.8.